The number of carbonyl (C=O) groups excluding carboxylic acids is 2. The van der Waals surface area contributed by atoms with Gasteiger partial charge in [-0.1, -0.05) is 25.2 Å². The highest BCUT2D eigenvalue weighted by Crippen LogP contribution is 2.28. The van der Waals surface area contributed by atoms with Crippen molar-refractivity contribution in [2.75, 3.05) is 18.5 Å². The van der Waals surface area contributed by atoms with E-state index in [0.717, 1.165) is 0 Å². The van der Waals surface area contributed by atoms with Crippen LogP contribution in [0.4, 0.5) is 5.69 Å². The van der Waals surface area contributed by atoms with Crippen LogP contribution in [0.15, 0.2) is 30.4 Å². The Bertz CT molecular complexity index is 726. The molecule has 1 aromatic rings. The van der Waals surface area contributed by atoms with Gasteiger partial charge in [-0.05, 0) is 44.4 Å². The number of ketones is 1. The lowest BCUT2D eigenvalue weighted by atomic mass is 10.0. The van der Waals surface area contributed by atoms with Crippen molar-refractivity contribution in [2.45, 2.75) is 45.8 Å². The molecule has 7 nitrogen and oxygen atoms in total. The van der Waals surface area contributed by atoms with E-state index in [9.17, 15) is 24.9 Å². The second kappa shape index (κ2) is 11.9. The van der Waals surface area contributed by atoms with Gasteiger partial charge in [0.25, 0.3) is 0 Å². The average molecular weight is 391 g/mol. The lowest BCUT2D eigenvalue weighted by Crippen LogP contribution is -2.32. The van der Waals surface area contributed by atoms with Gasteiger partial charge in [0.2, 0.25) is 0 Å². The lowest BCUT2D eigenvalue weighted by Gasteiger charge is -2.14. The van der Waals surface area contributed by atoms with E-state index in [1.807, 2.05) is 13.8 Å². The van der Waals surface area contributed by atoms with Crippen LogP contribution in [-0.4, -0.2) is 52.4 Å². The van der Waals surface area contributed by atoms with E-state index < -0.39 is 24.0 Å². The van der Waals surface area contributed by atoms with E-state index in [1.165, 1.54) is 24.3 Å². The van der Waals surface area contributed by atoms with Crippen LogP contribution >= 0.6 is 0 Å². The number of allylic oxidation sites excluding steroid dienone is 1. The molecule has 1 aromatic carbocycles. The van der Waals surface area contributed by atoms with E-state index >= 15 is 0 Å². The second-order valence-corrected chi connectivity index (χ2v) is 6.07. The SMILES string of the molecule is CC/C=C\C(=O)[C@@H](O)[C@@H](O)C/C=C/c1cc(NCC)cc(O)c1C(=O)OCC. The molecular formula is C21H29NO6. The lowest BCUT2D eigenvalue weighted by molar-refractivity contribution is -0.127. The van der Waals surface area contributed by atoms with E-state index in [0.29, 0.717) is 24.2 Å². The summed E-state index contributed by atoms with van der Waals surface area (Å²) in [6.07, 6.45) is 3.73. The summed E-state index contributed by atoms with van der Waals surface area (Å²) in [4.78, 5) is 23.9. The Kier molecular flexibility index (Phi) is 9.98. The molecule has 154 valence electrons. The van der Waals surface area contributed by atoms with Crippen LogP contribution in [0.25, 0.3) is 6.08 Å². The molecule has 1 rings (SSSR count). The predicted octanol–water partition coefficient (Wildman–Crippen LogP) is 2.66. The number of aliphatic hydroxyl groups excluding tert-OH is 2. The number of aromatic hydroxyl groups is 1. The number of carbonyl (C=O) groups is 2. The van der Waals surface area contributed by atoms with Gasteiger partial charge in [-0.15, -0.1) is 0 Å². The van der Waals surface area contributed by atoms with Crippen LogP contribution in [0.3, 0.4) is 0 Å². The molecule has 0 unspecified atom stereocenters. The number of esters is 1. The summed E-state index contributed by atoms with van der Waals surface area (Å²) >= 11 is 0. The second-order valence-electron chi connectivity index (χ2n) is 6.07. The Morgan fingerprint density at radius 1 is 1.18 bits per heavy atom. The van der Waals surface area contributed by atoms with Crippen LogP contribution in [0.5, 0.6) is 5.75 Å². The van der Waals surface area contributed by atoms with Crippen LogP contribution in [-0.2, 0) is 9.53 Å². The molecular weight excluding hydrogens is 362 g/mol. The summed E-state index contributed by atoms with van der Waals surface area (Å²) < 4.78 is 4.99. The Labute approximate surface area is 165 Å². The zero-order valence-electron chi connectivity index (χ0n) is 16.5. The summed E-state index contributed by atoms with van der Waals surface area (Å²) in [5, 5.41) is 33.2. The van der Waals surface area contributed by atoms with Gasteiger partial charge in [0, 0.05) is 18.3 Å². The minimum atomic E-state index is -1.53. The van der Waals surface area contributed by atoms with Gasteiger partial charge in [-0.2, -0.15) is 0 Å². The van der Waals surface area contributed by atoms with Crippen molar-refractivity contribution in [1.82, 2.24) is 0 Å². The third-order valence-corrected chi connectivity index (χ3v) is 3.86. The number of phenolic OH excluding ortho intramolecular Hbond substituents is 1. The van der Waals surface area contributed by atoms with Crippen molar-refractivity contribution < 1.29 is 29.6 Å². The fourth-order valence-corrected chi connectivity index (χ4v) is 2.50. The standard InChI is InChI=1S/C21H29NO6/c1-4-7-10-16(23)20(26)17(24)11-8-9-14-12-15(22-5-2)13-18(25)19(14)21(27)28-6-3/h7-10,12-13,17,20,22,24-26H,4-6,11H2,1-3H3/b9-8+,10-7-/t17-,20+/m0/s1. The minimum absolute atomic E-state index is 0.0109. The van der Waals surface area contributed by atoms with Gasteiger partial charge >= 0.3 is 5.97 Å². The molecule has 4 N–H and O–H groups in total. The molecule has 0 amide bonds. The minimum Gasteiger partial charge on any atom is -0.507 e. The summed E-state index contributed by atoms with van der Waals surface area (Å²) in [6.45, 7) is 6.20. The fourth-order valence-electron chi connectivity index (χ4n) is 2.50. The zero-order valence-corrected chi connectivity index (χ0v) is 16.5. The van der Waals surface area contributed by atoms with Crippen molar-refractivity contribution in [2.24, 2.45) is 0 Å². The van der Waals surface area contributed by atoms with Gasteiger partial charge in [0.05, 0.1) is 12.7 Å². The van der Waals surface area contributed by atoms with E-state index in [4.69, 9.17) is 4.74 Å². The van der Waals surface area contributed by atoms with Crippen molar-refractivity contribution in [3.05, 3.63) is 41.5 Å². The molecule has 28 heavy (non-hydrogen) atoms. The first kappa shape index (κ1) is 23.4. The number of benzene rings is 1. The maximum absolute atomic E-state index is 12.2. The molecule has 0 aliphatic rings. The quantitative estimate of drug-likeness (QED) is 0.338. The number of nitrogens with one attached hydrogen (secondary N) is 1. The summed E-state index contributed by atoms with van der Waals surface area (Å²) in [5.41, 5.74) is 1.03. The highest BCUT2D eigenvalue weighted by molar-refractivity contribution is 5.97. The monoisotopic (exact) mass is 391 g/mol. The molecule has 0 saturated heterocycles. The molecule has 0 spiro atoms. The Hall–Kier alpha value is -2.64. The Morgan fingerprint density at radius 3 is 2.50 bits per heavy atom. The van der Waals surface area contributed by atoms with Gasteiger partial charge in [0.1, 0.15) is 17.4 Å². The molecule has 0 aliphatic carbocycles. The number of anilines is 1. The molecule has 0 aromatic heterocycles. The smallest absolute Gasteiger partial charge is 0.342 e. The molecule has 0 aliphatic heterocycles. The van der Waals surface area contributed by atoms with Gasteiger partial charge in [0.15, 0.2) is 5.78 Å². The van der Waals surface area contributed by atoms with Crippen molar-refractivity contribution in [1.29, 1.82) is 0 Å². The highest BCUT2D eigenvalue weighted by atomic mass is 16.5. The Morgan fingerprint density at radius 2 is 1.89 bits per heavy atom. The van der Waals surface area contributed by atoms with Crippen molar-refractivity contribution in [3.8, 4) is 5.75 Å². The van der Waals surface area contributed by atoms with Gasteiger partial charge in [-0.3, -0.25) is 4.79 Å². The van der Waals surface area contributed by atoms with Crippen LogP contribution in [0, 0.1) is 0 Å². The third kappa shape index (κ3) is 6.83. The largest absolute Gasteiger partial charge is 0.507 e. The summed E-state index contributed by atoms with van der Waals surface area (Å²) in [7, 11) is 0. The van der Waals surface area contributed by atoms with Crippen LogP contribution < -0.4 is 5.32 Å². The van der Waals surface area contributed by atoms with E-state index in [2.05, 4.69) is 5.32 Å². The first-order valence-electron chi connectivity index (χ1n) is 9.36. The number of hydrogen-bond acceptors (Lipinski definition) is 7. The predicted molar refractivity (Wildman–Crippen MR) is 108 cm³/mol. The van der Waals surface area contributed by atoms with Gasteiger partial charge < -0.3 is 25.4 Å². The number of ether oxygens (including phenoxy) is 1. The first-order valence-corrected chi connectivity index (χ1v) is 9.36. The van der Waals surface area contributed by atoms with Crippen LogP contribution in [0.1, 0.15) is 49.5 Å². The number of phenols is 1. The molecule has 0 radical (unpaired) electrons. The maximum atomic E-state index is 12.2. The number of rotatable bonds is 11. The highest BCUT2D eigenvalue weighted by Gasteiger charge is 2.21. The Balaban J connectivity index is 3.02. The van der Waals surface area contributed by atoms with Gasteiger partial charge in [-0.25, -0.2) is 4.79 Å². The zero-order chi connectivity index (χ0) is 21.1. The molecule has 7 heteroatoms. The summed E-state index contributed by atoms with van der Waals surface area (Å²) in [6, 6.07) is 3.11. The topological polar surface area (TPSA) is 116 Å². The van der Waals surface area contributed by atoms with Crippen molar-refractivity contribution >= 4 is 23.5 Å². The first-order chi connectivity index (χ1) is 13.3. The molecule has 0 saturated carbocycles. The molecule has 0 bridgehead atoms. The molecule has 0 fully saturated rings. The van der Waals surface area contributed by atoms with E-state index in [-0.39, 0.29) is 24.3 Å². The fraction of sp³-hybridized carbons (Fsp3) is 0.429. The number of aliphatic hydroxyl groups is 2. The summed E-state index contributed by atoms with van der Waals surface area (Å²) in [5.74, 6) is -1.46. The maximum Gasteiger partial charge on any atom is 0.342 e. The molecule has 0 heterocycles. The third-order valence-electron chi connectivity index (χ3n) is 3.86. The van der Waals surface area contributed by atoms with Crippen LogP contribution in [0.2, 0.25) is 0 Å². The normalized spacial score (nSPS) is 13.6. The number of hydrogen-bond donors (Lipinski definition) is 4. The van der Waals surface area contributed by atoms with E-state index in [1.54, 1.807) is 19.1 Å². The average Bonchev–Trinajstić information content (AvgIpc) is 2.65. The van der Waals surface area contributed by atoms with Crippen molar-refractivity contribution in [3.63, 3.8) is 0 Å². The molecule has 2 atom stereocenters.